The zero-order chi connectivity index (χ0) is 64.9. The smallest absolute Gasteiger partial charge is 0.133 e. The first-order valence-corrected chi connectivity index (χ1v) is 41.1. The Labute approximate surface area is 563 Å². The summed E-state index contributed by atoms with van der Waals surface area (Å²) in [6.45, 7) is 37.8. The van der Waals surface area contributed by atoms with Gasteiger partial charge in [-0.1, -0.05) is 110 Å². The molecule has 0 bridgehead atoms. The molecule has 15 unspecified atom stereocenters. The molecule has 9 heteroatoms. The van der Waals surface area contributed by atoms with Crippen LogP contribution in [0.5, 0.6) is 0 Å². The molecule has 0 aromatic heterocycles. The molecule has 0 aromatic rings. The topological polar surface area (TPSA) is 127 Å². The van der Waals surface area contributed by atoms with Crippen LogP contribution in [0.3, 0.4) is 0 Å². The van der Waals surface area contributed by atoms with Crippen LogP contribution in [0.1, 0.15) is 296 Å². The summed E-state index contributed by atoms with van der Waals surface area (Å²) in [5.41, 5.74) is 8.70. The Bertz CT molecular complexity index is 2510. The maximum atomic E-state index is 12.2. The predicted octanol–water partition coefficient (Wildman–Crippen LogP) is 17.7. The van der Waals surface area contributed by atoms with Crippen LogP contribution in [-0.2, 0) is 19.0 Å². The number of piperidine rings is 3. The van der Waals surface area contributed by atoms with Crippen molar-refractivity contribution < 1.29 is 24.1 Å². The van der Waals surface area contributed by atoms with Gasteiger partial charge in [-0.3, -0.25) is 20.7 Å². The molecule has 524 valence electrons. The summed E-state index contributed by atoms with van der Waals surface area (Å²) in [4.78, 5) is 12.2. The van der Waals surface area contributed by atoms with Gasteiger partial charge in [0.25, 0.3) is 0 Å². The number of aliphatic hydroxyl groups is 1. The van der Waals surface area contributed by atoms with Crippen molar-refractivity contribution in [1.29, 1.82) is 0 Å². The third kappa shape index (κ3) is 11.0. The summed E-state index contributed by atoms with van der Waals surface area (Å²) in [6, 6.07) is 0.468. The summed E-state index contributed by atoms with van der Waals surface area (Å²) in [6.07, 6.45) is 40.9. The van der Waals surface area contributed by atoms with Crippen molar-refractivity contribution in [3.05, 3.63) is 0 Å². The molecule has 3 spiro atoms. The molecule has 17 rings (SSSR count). The number of Topliss-reactive ketones (excluding diaryl/α,β-unsaturated/α-hetero) is 1. The molecule has 17 aliphatic rings. The lowest BCUT2D eigenvalue weighted by Crippen LogP contribution is -2.57. The minimum Gasteiger partial charge on any atom is -0.393 e. The Morgan fingerprint density at radius 1 is 0.413 bits per heavy atom. The second-order valence-corrected chi connectivity index (χ2v) is 39.0. The van der Waals surface area contributed by atoms with E-state index in [4.69, 9.17) is 19.9 Å². The number of hydrogen-bond acceptors (Lipinski definition) is 9. The SMILES string of the molecule is CC.C[C@H]1CC[C@]2(NC1)OC1CC3[C@@H]4CCC5CC(=O)CC[C@]5(C)C4CC[C@]3(C)C1[C@@H]2C.C[C@H]1CC[C@]2(NC1)OC1CC3[C@@H]4CCC5CC(N)CC[C@]5(C)C4CC[C@]3(C)C1[C@@H]2C.C[C@H]1CC[C@]2(NC1)OC1CC3[C@@H]4CCCC[C@@H](O)CC[C@H](C)C4CC[C@]3(C)C1[C@@H]2C. The van der Waals surface area contributed by atoms with Crippen LogP contribution in [0, 0.1) is 151 Å². The van der Waals surface area contributed by atoms with Gasteiger partial charge in [0.05, 0.1) is 24.4 Å². The third-order valence-corrected chi connectivity index (χ3v) is 35.1. The zero-order valence-electron chi connectivity index (χ0n) is 61.7. The summed E-state index contributed by atoms with van der Waals surface area (Å²) in [5.74, 6) is 17.3. The molecule has 11 aliphatic carbocycles. The van der Waals surface area contributed by atoms with Crippen LogP contribution in [0.15, 0.2) is 0 Å². The van der Waals surface area contributed by atoms with Crippen molar-refractivity contribution >= 4 is 5.78 Å². The number of nitrogens with two attached hydrogens (primary N) is 1. The first kappa shape index (κ1) is 68.5. The van der Waals surface area contributed by atoms with Crippen molar-refractivity contribution in [2.24, 2.45) is 157 Å². The third-order valence-electron chi connectivity index (χ3n) is 35.1. The molecule has 17 fully saturated rings. The summed E-state index contributed by atoms with van der Waals surface area (Å²) in [7, 11) is 0. The van der Waals surface area contributed by atoms with Gasteiger partial charge in [0.1, 0.15) is 23.0 Å². The minimum atomic E-state index is -0.0557. The normalized spacial score (nSPS) is 58.6. The van der Waals surface area contributed by atoms with E-state index in [9.17, 15) is 9.90 Å². The Morgan fingerprint density at radius 2 is 0.837 bits per heavy atom. The van der Waals surface area contributed by atoms with E-state index in [0.29, 0.717) is 80.9 Å². The highest BCUT2D eigenvalue weighted by molar-refractivity contribution is 5.79. The van der Waals surface area contributed by atoms with E-state index in [0.717, 1.165) is 152 Å². The van der Waals surface area contributed by atoms with Gasteiger partial charge in [0, 0.05) is 56.3 Å². The number of fused-ring (bicyclic) bond motifs is 19. The molecular formula is C83H142N4O5. The van der Waals surface area contributed by atoms with Crippen LogP contribution in [-0.4, -0.2) is 78.2 Å². The van der Waals surface area contributed by atoms with E-state index in [-0.39, 0.29) is 23.3 Å². The highest BCUT2D eigenvalue weighted by atomic mass is 16.5. The molecule has 92 heavy (non-hydrogen) atoms. The van der Waals surface area contributed by atoms with Crippen molar-refractivity contribution in [1.82, 2.24) is 16.0 Å². The van der Waals surface area contributed by atoms with Crippen molar-refractivity contribution in [2.75, 3.05) is 19.6 Å². The van der Waals surface area contributed by atoms with Crippen molar-refractivity contribution in [3.8, 4) is 0 Å². The Morgan fingerprint density at radius 3 is 1.30 bits per heavy atom. The average molecular weight is 1280 g/mol. The van der Waals surface area contributed by atoms with E-state index in [1.807, 2.05) is 13.8 Å². The molecule has 6 saturated heterocycles. The maximum absolute atomic E-state index is 12.2. The van der Waals surface area contributed by atoms with Crippen LogP contribution in [0.25, 0.3) is 0 Å². The molecule has 6 aliphatic heterocycles. The first-order chi connectivity index (χ1) is 43.9. The Kier molecular flexibility index (Phi) is 18.9. The van der Waals surface area contributed by atoms with Gasteiger partial charge >= 0.3 is 0 Å². The first-order valence-electron chi connectivity index (χ1n) is 41.1. The second-order valence-electron chi connectivity index (χ2n) is 39.0. The molecule has 11 saturated carbocycles. The van der Waals surface area contributed by atoms with Gasteiger partial charge in [-0.2, -0.15) is 0 Å². The summed E-state index contributed by atoms with van der Waals surface area (Å²) >= 11 is 0. The monoisotopic (exact) mass is 1280 g/mol. The lowest BCUT2D eigenvalue weighted by Gasteiger charge is -2.61. The summed E-state index contributed by atoms with van der Waals surface area (Å²) < 4.78 is 21.0. The predicted molar refractivity (Wildman–Crippen MR) is 374 cm³/mol. The fraction of sp³-hybridized carbons (Fsp3) is 0.988. The highest BCUT2D eigenvalue weighted by Gasteiger charge is 2.72. The quantitative estimate of drug-likeness (QED) is 0.161. The molecule has 6 N–H and O–H groups in total. The molecule has 34 atom stereocenters. The number of ether oxygens (including phenoxy) is 3. The van der Waals surface area contributed by atoms with Crippen LogP contribution in [0.4, 0.5) is 0 Å². The number of rotatable bonds is 0. The Hall–Kier alpha value is -0.650. The molecule has 0 radical (unpaired) electrons. The number of aliphatic hydroxyl groups excluding tert-OH is 1. The number of carbonyl (C=O) groups excluding carboxylic acids is 1. The van der Waals surface area contributed by atoms with Gasteiger partial charge in [-0.15, -0.1) is 0 Å². The van der Waals surface area contributed by atoms with Crippen LogP contribution in [0.2, 0.25) is 0 Å². The molecular weight excluding hydrogens is 1130 g/mol. The van der Waals surface area contributed by atoms with Crippen molar-refractivity contribution in [3.63, 3.8) is 0 Å². The van der Waals surface area contributed by atoms with Crippen LogP contribution >= 0.6 is 0 Å². The Balaban J connectivity index is 0.000000118. The van der Waals surface area contributed by atoms with Crippen molar-refractivity contribution in [2.45, 2.75) is 344 Å². The van der Waals surface area contributed by atoms with Gasteiger partial charge in [0.15, 0.2) is 0 Å². The lowest BCUT2D eigenvalue weighted by molar-refractivity contribution is -0.144. The molecule has 0 aromatic carbocycles. The zero-order valence-corrected chi connectivity index (χ0v) is 61.7. The highest BCUT2D eigenvalue weighted by Crippen LogP contribution is 2.74. The molecule has 9 nitrogen and oxygen atoms in total. The summed E-state index contributed by atoms with van der Waals surface area (Å²) in [5, 5.41) is 22.0. The maximum Gasteiger partial charge on any atom is 0.133 e. The largest absolute Gasteiger partial charge is 0.393 e. The average Bonchev–Trinajstić information content (AvgIpc) is 1.52. The van der Waals surface area contributed by atoms with Crippen LogP contribution < -0.4 is 21.7 Å². The minimum absolute atomic E-state index is 0.0180. The number of hydrogen-bond donors (Lipinski definition) is 5. The number of carbonyl (C=O) groups is 1. The molecule has 0 amide bonds. The van der Waals surface area contributed by atoms with Gasteiger partial charge in [-0.05, 0) is 307 Å². The fourth-order valence-electron chi connectivity index (χ4n) is 29.9. The van der Waals surface area contributed by atoms with E-state index < -0.39 is 0 Å². The second kappa shape index (κ2) is 25.5. The van der Waals surface area contributed by atoms with Gasteiger partial charge in [0.2, 0.25) is 0 Å². The molecule has 6 heterocycles. The van der Waals surface area contributed by atoms with E-state index in [2.05, 4.69) is 99.0 Å². The number of ketones is 1. The van der Waals surface area contributed by atoms with E-state index in [1.54, 1.807) is 0 Å². The van der Waals surface area contributed by atoms with E-state index in [1.165, 1.54) is 167 Å². The fourth-order valence-corrected chi connectivity index (χ4v) is 29.9. The van der Waals surface area contributed by atoms with Gasteiger partial charge in [-0.25, -0.2) is 0 Å². The standard InChI is InChI=1S/C27H46N2O.C27H43NO2.C27H47NO2.C2H6/c1-16-7-12-27(29-15-16)17(2)24-23(30-27)14-22-20-6-5-18-13-19(28)8-10-25(18,3)21(20)9-11-26(22,24)4;1-16-7-12-27(28-15-16)17(2)24-23(30-27)14-22-20-6-5-18-13-19(29)8-10-25(18,3)21(20)9-11-26(22,24)4;1-17-11-14-27(28-16-17)19(3)25-24(30-27)15-23-22-8-6-5-7-20(29)10-9-18(2)21(22)12-13-26(23,25)4;1-2/h16-24,29H,5-15,28H2,1-4H3;16-18,20-24,28H,5-15H2,1-4H3;17-25,28-29H,5-16H2,1-4H3;1-2H3/t16-,17-,18?,19?,20+,21?,22?,23?,24?,25-,26-,27-;16-,17-,18?,20+,21?,22?,23?,24?,25-,26-,27-;17-,18-,19-,20+,21?,22+,23?,24?,25?,26-,27-;/m000./s1. The van der Waals surface area contributed by atoms with E-state index >= 15 is 0 Å². The number of nitrogens with one attached hydrogen (secondary N) is 3. The lowest BCUT2D eigenvalue weighted by atomic mass is 9.44. The van der Waals surface area contributed by atoms with Gasteiger partial charge < -0.3 is 25.1 Å².